The van der Waals surface area contributed by atoms with E-state index in [9.17, 15) is 4.79 Å². The van der Waals surface area contributed by atoms with Gasteiger partial charge in [-0.1, -0.05) is 18.3 Å². The number of carbonyl (C=O) groups is 1. The van der Waals surface area contributed by atoms with Crippen LogP contribution in [0.25, 0.3) is 16.0 Å². The predicted octanol–water partition coefficient (Wildman–Crippen LogP) is 3.93. The van der Waals surface area contributed by atoms with E-state index in [4.69, 9.17) is 9.72 Å². The fourth-order valence-electron chi connectivity index (χ4n) is 3.79. The average Bonchev–Trinajstić information content (AvgIpc) is 3.34. The number of methoxy groups -OCH3 is 1. The van der Waals surface area contributed by atoms with Gasteiger partial charge in [0.05, 0.1) is 29.1 Å². The smallest absolute Gasteiger partial charge is 0.225 e. The number of nitrogens with one attached hydrogen (secondary N) is 1. The van der Waals surface area contributed by atoms with Crippen LogP contribution in [0.15, 0.2) is 24.3 Å². The highest BCUT2D eigenvalue weighted by atomic mass is 32.1. The van der Waals surface area contributed by atoms with Gasteiger partial charge in [0.25, 0.3) is 0 Å². The van der Waals surface area contributed by atoms with Crippen LogP contribution >= 0.6 is 11.3 Å². The topological polar surface area (TPSA) is 72.3 Å². The highest BCUT2D eigenvalue weighted by molar-refractivity contribution is 7.22. The van der Waals surface area contributed by atoms with Crippen molar-refractivity contribution in [3.05, 3.63) is 30.0 Å². The average molecular weight is 428 g/mol. The van der Waals surface area contributed by atoms with E-state index in [1.165, 1.54) is 0 Å². The van der Waals surface area contributed by atoms with E-state index in [0.717, 1.165) is 58.4 Å². The zero-order valence-electron chi connectivity index (χ0n) is 18.0. The highest BCUT2D eigenvalue weighted by Gasteiger charge is 2.28. The van der Waals surface area contributed by atoms with Gasteiger partial charge in [-0.3, -0.25) is 4.79 Å². The molecule has 0 radical (unpaired) electrons. The van der Waals surface area contributed by atoms with Crippen LogP contribution in [0.4, 0.5) is 5.13 Å². The number of anilines is 1. The summed E-state index contributed by atoms with van der Waals surface area (Å²) in [6.07, 6.45) is 2.88. The van der Waals surface area contributed by atoms with E-state index < -0.39 is 0 Å². The molecule has 1 aromatic carbocycles. The number of amides is 1. The number of ether oxygens (including phenoxy) is 1. The molecule has 1 fully saturated rings. The van der Waals surface area contributed by atoms with Gasteiger partial charge in [-0.05, 0) is 57.4 Å². The first-order chi connectivity index (χ1) is 14.5. The summed E-state index contributed by atoms with van der Waals surface area (Å²) < 4.78 is 8.24. The Morgan fingerprint density at radius 2 is 2.13 bits per heavy atom. The van der Waals surface area contributed by atoms with E-state index in [0.29, 0.717) is 6.54 Å². The fraction of sp³-hybridized carbons (Fsp3) is 0.500. The SMILES string of the molecule is CC[C@H](C)NC(=O)[C@@H]1CCCN(c2nc3c(s2)c(C)nn3-c2ccc(OC)cc2)C1. The van der Waals surface area contributed by atoms with E-state index in [-0.39, 0.29) is 17.9 Å². The summed E-state index contributed by atoms with van der Waals surface area (Å²) >= 11 is 1.66. The number of fused-ring (bicyclic) bond motifs is 1. The number of hydrogen-bond donors (Lipinski definition) is 1. The Bertz CT molecular complexity index is 1030. The minimum Gasteiger partial charge on any atom is -0.497 e. The molecule has 1 amide bonds. The Hall–Kier alpha value is -2.61. The Labute approximate surface area is 181 Å². The number of piperidine rings is 1. The lowest BCUT2D eigenvalue weighted by Crippen LogP contribution is -2.45. The summed E-state index contributed by atoms with van der Waals surface area (Å²) in [7, 11) is 1.66. The fourth-order valence-corrected chi connectivity index (χ4v) is 4.81. The number of thiazole rings is 1. The molecular formula is C22H29N5O2S. The van der Waals surface area contributed by atoms with Gasteiger partial charge in [0.2, 0.25) is 5.91 Å². The second-order valence-corrected chi connectivity index (χ2v) is 8.92. The third kappa shape index (κ3) is 4.01. The number of carbonyl (C=O) groups excluding carboxylic acids is 1. The molecule has 0 bridgehead atoms. The first kappa shape index (κ1) is 20.7. The van der Waals surface area contributed by atoms with Gasteiger partial charge in [-0.25, -0.2) is 4.68 Å². The summed E-state index contributed by atoms with van der Waals surface area (Å²) in [6, 6.07) is 8.04. The van der Waals surface area contributed by atoms with Crippen LogP contribution in [0.1, 0.15) is 38.8 Å². The lowest BCUT2D eigenvalue weighted by Gasteiger charge is -2.32. The molecule has 7 nitrogen and oxygen atoms in total. The van der Waals surface area contributed by atoms with E-state index in [1.54, 1.807) is 18.4 Å². The maximum atomic E-state index is 12.6. The maximum Gasteiger partial charge on any atom is 0.225 e. The molecule has 0 unspecified atom stereocenters. The van der Waals surface area contributed by atoms with Crippen LogP contribution < -0.4 is 15.0 Å². The quantitative estimate of drug-likeness (QED) is 0.645. The van der Waals surface area contributed by atoms with E-state index in [1.807, 2.05) is 35.9 Å². The lowest BCUT2D eigenvalue weighted by atomic mass is 9.97. The van der Waals surface area contributed by atoms with Crippen LogP contribution in [0.2, 0.25) is 0 Å². The number of aromatic nitrogens is 3. The molecule has 1 saturated heterocycles. The van der Waals surface area contributed by atoms with Crippen LogP contribution in [0.3, 0.4) is 0 Å². The van der Waals surface area contributed by atoms with Gasteiger partial charge < -0.3 is 15.0 Å². The van der Waals surface area contributed by atoms with Crippen LogP contribution in [-0.2, 0) is 4.79 Å². The Balaban J connectivity index is 1.58. The summed E-state index contributed by atoms with van der Waals surface area (Å²) in [5, 5.41) is 8.79. The molecule has 3 aromatic rings. The van der Waals surface area contributed by atoms with Gasteiger partial charge in [0.15, 0.2) is 10.8 Å². The van der Waals surface area contributed by atoms with Gasteiger partial charge >= 0.3 is 0 Å². The third-order valence-corrected chi connectivity index (χ3v) is 6.97. The van der Waals surface area contributed by atoms with Crippen molar-refractivity contribution in [2.45, 2.75) is 46.1 Å². The molecule has 8 heteroatoms. The first-order valence-electron chi connectivity index (χ1n) is 10.6. The van der Waals surface area contributed by atoms with Crippen molar-refractivity contribution in [1.29, 1.82) is 0 Å². The second-order valence-electron chi connectivity index (χ2n) is 7.95. The summed E-state index contributed by atoms with van der Waals surface area (Å²) in [6.45, 7) is 7.81. The maximum absolute atomic E-state index is 12.6. The summed E-state index contributed by atoms with van der Waals surface area (Å²) in [5.41, 5.74) is 2.78. The third-order valence-electron chi connectivity index (χ3n) is 5.76. The number of hydrogen-bond acceptors (Lipinski definition) is 6. The normalized spacial score (nSPS) is 17.9. The lowest BCUT2D eigenvalue weighted by molar-refractivity contribution is -0.125. The molecule has 4 rings (SSSR count). The van der Waals surface area contributed by atoms with Crippen molar-refractivity contribution in [2.75, 3.05) is 25.1 Å². The molecule has 30 heavy (non-hydrogen) atoms. The minimum atomic E-state index is 0.0129. The highest BCUT2D eigenvalue weighted by Crippen LogP contribution is 2.34. The minimum absolute atomic E-state index is 0.0129. The Morgan fingerprint density at radius 1 is 1.37 bits per heavy atom. The van der Waals surface area contributed by atoms with Crippen molar-refractivity contribution in [1.82, 2.24) is 20.1 Å². The number of nitrogens with zero attached hydrogens (tertiary/aromatic N) is 4. The molecule has 0 saturated carbocycles. The van der Waals surface area contributed by atoms with Crippen LogP contribution in [-0.4, -0.2) is 46.9 Å². The molecule has 2 atom stereocenters. The Morgan fingerprint density at radius 3 is 2.83 bits per heavy atom. The zero-order chi connectivity index (χ0) is 21.3. The van der Waals surface area contributed by atoms with Crippen LogP contribution in [0.5, 0.6) is 5.75 Å². The predicted molar refractivity (Wildman–Crippen MR) is 121 cm³/mol. The summed E-state index contributed by atoms with van der Waals surface area (Å²) in [4.78, 5) is 19.8. The monoisotopic (exact) mass is 427 g/mol. The van der Waals surface area contributed by atoms with E-state index in [2.05, 4.69) is 29.2 Å². The molecule has 0 aliphatic carbocycles. The number of aryl methyl sites for hydroxylation is 1. The molecule has 0 spiro atoms. The van der Waals surface area contributed by atoms with Gasteiger partial charge in [-0.15, -0.1) is 0 Å². The molecule has 2 aromatic heterocycles. The zero-order valence-corrected chi connectivity index (χ0v) is 18.8. The van der Waals surface area contributed by atoms with Crippen molar-refractivity contribution in [3.63, 3.8) is 0 Å². The van der Waals surface area contributed by atoms with Gasteiger partial charge in [-0.2, -0.15) is 10.1 Å². The molecule has 1 aliphatic rings. The summed E-state index contributed by atoms with van der Waals surface area (Å²) in [5.74, 6) is 0.988. The van der Waals surface area contributed by atoms with Crippen molar-refractivity contribution in [2.24, 2.45) is 5.92 Å². The number of benzene rings is 1. The second kappa shape index (κ2) is 8.63. The van der Waals surface area contributed by atoms with Gasteiger partial charge in [0.1, 0.15) is 5.75 Å². The first-order valence-corrected chi connectivity index (χ1v) is 11.4. The molecule has 1 N–H and O–H groups in total. The van der Waals surface area contributed by atoms with E-state index >= 15 is 0 Å². The van der Waals surface area contributed by atoms with Crippen molar-refractivity contribution >= 4 is 32.7 Å². The molecule has 3 heterocycles. The molecule has 1 aliphatic heterocycles. The standard InChI is InChI=1S/C22H29N5O2S/c1-5-14(2)23-21(28)16-7-6-12-26(13-16)22-24-20-19(30-22)15(3)25-27(20)17-8-10-18(29-4)11-9-17/h8-11,14,16H,5-7,12-13H2,1-4H3,(H,23,28)/t14-,16+/m0/s1. The molecular weight excluding hydrogens is 398 g/mol. The number of rotatable bonds is 6. The van der Waals surface area contributed by atoms with Crippen LogP contribution in [0, 0.1) is 12.8 Å². The Kier molecular flexibility index (Phi) is 5.94. The molecule has 160 valence electrons. The largest absolute Gasteiger partial charge is 0.497 e. The van der Waals surface area contributed by atoms with Crippen molar-refractivity contribution in [3.8, 4) is 11.4 Å². The van der Waals surface area contributed by atoms with Gasteiger partial charge in [0, 0.05) is 19.1 Å². The van der Waals surface area contributed by atoms with Crippen molar-refractivity contribution < 1.29 is 9.53 Å².